The minimum atomic E-state index is 0.138. The summed E-state index contributed by atoms with van der Waals surface area (Å²) >= 11 is 3.51. The molecule has 0 amide bonds. The van der Waals surface area contributed by atoms with Crippen molar-refractivity contribution in [1.29, 1.82) is 0 Å². The Kier molecular flexibility index (Phi) is 4.81. The number of benzene rings is 1. The standard InChI is InChI=1S/C13H20BrNO/c1-10-5-6-12(11(14)7-10)16-9-13(2,3)8-15-4/h5-7,15H,8-9H2,1-4H3. The molecule has 0 heterocycles. The molecule has 0 atom stereocenters. The van der Waals surface area contributed by atoms with Crippen molar-refractivity contribution >= 4 is 15.9 Å². The third kappa shape index (κ3) is 4.14. The average Bonchev–Trinajstić information content (AvgIpc) is 2.16. The van der Waals surface area contributed by atoms with Gasteiger partial charge in [-0.1, -0.05) is 19.9 Å². The third-order valence-corrected chi connectivity index (χ3v) is 2.98. The molecule has 3 heteroatoms. The van der Waals surface area contributed by atoms with Crippen LogP contribution < -0.4 is 10.1 Å². The summed E-state index contributed by atoms with van der Waals surface area (Å²) < 4.78 is 6.84. The molecule has 0 aromatic heterocycles. The minimum absolute atomic E-state index is 0.138. The zero-order valence-corrected chi connectivity index (χ0v) is 12.0. The zero-order valence-electron chi connectivity index (χ0n) is 10.4. The van der Waals surface area contributed by atoms with Crippen molar-refractivity contribution in [1.82, 2.24) is 5.32 Å². The van der Waals surface area contributed by atoms with Gasteiger partial charge in [0.25, 0.3) is 0 Å². The van der Waals surface area contributed by atoms with Gasteiger partial charge in [0.1, 0.15) is 5.75 Å². The van der Waals surface area contributed by atoms with Crippen molar-refractivity contribution < 1.29 is 4.74 Å². The van der Waals surface area contributed by atoms with Gasteiger partial charge < -0.3 is 10.1 Å². The van der Waals surface area contributed by atoms with Gasteiger partial charge >= 0.3 is 0 Å². The average molecular weight is 286 g/mol. The highest BCUT2D eigenvalue weighted by molar-refractivity contribution is 9.10. The Morgan fingerprint density at radius 2 is 2.06 bits per heavy atom. The lowest BCUT2D eigenvalue weighted by atomic mass is 9.95. The second-order valence-corrected chi connectivity index (χ2v) is 5.77. The predicted octanol–water partition coefficient (Wildman–Crippen LogP) is 3.38. The largest absolute Gasteiger partial charge is 0.492 e. The highest BCUT2D eigenvalue weighted by Gasteiger charge is 2.18. The van der Waals surface area contributed by atoms with Crippen LogP contribution in [0.4, 0.5) is 0 Å². The van der Waals surface area contributed by atoms with Crippen LogP contribution in [0.15, 0.2) is 22.7 Å². The van der Waals surface area contributed by atoms with Crippen LogP contribution in [0.2, 0.25) is 0 Å². The molecule has 0 radical (unpaired) electrons. The maximum atomic E-state index is 5.82. The van der Waals surface area contributed by atoms with Crippen LogP contribution in [0.3, 0.4) is 0 Å². The Bertz CT molecular complexity index is 350. The molecule has 0 aliphatic carbocycles. The number of aryl methyl sites for hydroxylation is 1. The fraction of sp³-hybridized carbons (Fsp3) is 0.538. The SMILES string of the molecule is CNCC(C)(C)COc1ccc(C)cc1Br. The molecule has 1 N–H and O–H groups in total. The number of hydrogen-bond acceptors (Lipinski definition) is 2. The number of halogens is 1. The second-order valence-electron chi connectivity index (χ2n) is 4.92. The summed E-state index contributed by atoms with van der Waals surface area (Å²) in [4.78, 5) is 0. The molecule has 2 nitrogen and oxygen atoms in total. The van der Waals surface area contributed by atoms with E-state index < -0.39 is 0 Å². The van der Waals surface area contributed by atoms with Gasteiger partial charge in [0, 0.05) is 12.0 Å². The Morgan fingerprint density at radius 1 is 1.38 bits per heavy atom. The van der Waals surface area contributed by atoms with Crippen molar-refractivity contribution in [2.75, 3.05) is 20.2 Å². The minimum Gasteiger partial charge on any atom is -0.492 e. The third-order valence-electron chi connectivity index (χ3n) is 2.36. The van der Waals surface area contributed by atoms with Crippen LogP contribution >= 0.6 is 15.9 Å². The molecular weight excluding hydrogens is 266 g/mol. The summed E-state index contributed by atoms with van der Waals surface area (Å²) in [6, 6.07) is 6.14. The molecule has 0 fully saturated rings. The van der Waals surface area contributed by atoms with E-state index in [2.05, 4.69) is 54.2 Å². The van der Waals surface area contributed by atoms with Crippen LogP contribution in [-0.4, -0.2) is 20.2 Å². The first-order chi connectivity index (χ1) is 7.44. The Hall–Kier alpha value is -0.540. The smallest absolute Gasteiger partial charge is 0.133 e. The summed E-state index contributed by atoms with van der Waals surface area (Å²) in [7, 11) is 1.96. The first-order valence-corrected chi connectivity index (χ1v) is 6.27. The van der Waals surface area contributed by atoms with E-state index in [1.807, 2.05) is 13.1 Å². The zero-order chi connectivity index (χ0) is 12.2. The molecule has 16 heavy (non-hydrogen) atoms. The maximum Gasteiger partial charge on any atom is 0.133 e. The lowest BCUT2D eigenvalue weighted by molar-refractivity contribution is 0.178. The van der Waals surface area contributed by atoms with E-state index in [-0.39, 0.29) is 5.41 Å². The van der Waals surface area contributed by atoms with E-state index in [0.29, 0.717) is 6.61 Å². The van der Waals surface area contributed by atoms with Gasteiger partial charge in [-0.2, -0.15) is 0 Å². The molecule has 0 aliphatic heterocycles. The van der Waals surface area contributed by atoms with Gasteiger partial charge in [-0.3, -0.25) is 0 Å². The fourth-order valence-corrected chi connectivity index (χ4v) is 2.13. The molecule has 1 aromatic carbocycles. The second kappa shape index (κ2) is 5.69. The highest BCUT2D eigenvalue weighted by atomic mass is 79.9. The van der Waals surface area contributed by atoms with Crippen molar-refractivity contribution in [3.8, 4) is 5.75 Å². The first kappa shape index (κ1) is 13.5. The van der Waals surface area contributed by atoms with Gasteiger partial charge in [0.05, 0.1) is 11.1 Å². The van der Waals surface area contributed by atoms with E-state index in [4.69, 9.17) is 4.74 Å². The van der Waals surface area contributed by atoms with Crippen molar-refractivity contribution in [2.45, 2.75) is 20.8 Å². The van der Waals surface area contributed by atoms with Gasteiger partial charge in [0.15, 0.2) is 0 Å². The molecular formula is C13H20BrNO. The Labute approximate surface area is 107 Å². The van der Waals surface area contributed by atoms with Crippen molar-refractivity contribution in [3.63, 3.8) is 0 Å². The van der Waals surface area contributed by atoms with Crippen LogP contribution in [0, 0.1) is 12.3 Å². The molecule has 0 saturated heterocycles. The summed E-state index contributed by atoms with van der Waals surface area (Å²) in [5, 5.41) is 3.18. The van der Waals surface area contributed by atoms with Crippen LogP contribution in [0.1, 0.15) is 19.4 Å². The summed E-state index contributed by atoms with van der Waals surface area (Å²) in [6.45, 7) is 8.09. The molecule has 0 bridgehead atoms. The van der Waals surface area contributed by atoms with E-state index in [1.165, 1.54) is 5.56 Å². The van der Waals surface area contributed by atoms with Crippen LogP contribution in [-0.2, 0) is 0 Å². The summed E-state index contributed by atoms with van der Waals surface area (Å²) in [5.41, 5.74) is 1.37. The van der Waals surface area contributed by atoms with E-state index in [9.17, 15) is 0 Å². The van der Waals surface area contributed by atoms with Crippen molar-refractivity contribution in [3.05, 3.63) is 28.2 Å². The highest BCUT2D eigenvalue weighted by Crippen LogP contribution is 2.27. The predicted molar refractivity (Wildman–Crippen MR) is 72.1 cm³/mol. The van der Waals surface area contributed by atoms with Gasteiger partial charge in [-0.05, 0) is 47.6 Å². The van der Waals surface area contributed by atoms with E-state index in [1.54, 1.807) is 0 Å². The molecule has 0 unspecified atom stereocenters. The van der Waals surface area contributed by atoms with E-state index >= 15 is 0 Å². The van der Waals surface area contributed by atoms with Crippen molar-refractivity contribution in [2.24, 2.45) is 5.41 Å². The van der Waals surface area contributed by atoms with E-state index in [0.717, 1.165) is 16.8 Å². The Balaban J connectivity index is 2.61. The van der Waals surface area contributed by atoms with Gasteiger partial charge in [0.2, 0.25) is 0 Å². The quantitative estimate of drug-likeness (QED) is 0.896. The number of ether oxygens (including phenoxy) is 1. The van der Waals surface area contributed by atoms with Crippen LogP contribution in [0.25, 0.3) is 0 Å². The summed E-state index contributed by atoms with van der Waals surface area (Å²) in [5.74, 6) is 0.912. The fourth-order valence-electron chi connectivity index (χ4n) is 1.53. The lowest BCUT2D eigenvalue weighted by Gasteiger charge is -2.24. The summed E-state index contributed by atoms with van der Waals surface area (Å²) in [6.07, 6.45) is 0. The molecule has 0 aliphatic rings. The number of rotatable bonds is 5. The first-order valence-electron chi connectivity index (χ1n) is 5.48. The topological polar surface area (TPSA) is 21.3 Å². The number of nitrogens with one attached hydrogen (secondary N) is 1. The monoisotopic (exact) mass is 285 g/mol. The maximum absolute atomic E-state index is 5.82. The van der Waals surface area contributed by atoms with Crippen LogP contribution in [0.5, 0.6) is 5.75 Å². The molecule has 0 spiro atoms. The van der Waals surface area contributed by atoms with Gasteiger partial charge in [-0.15, -0.1) is 0 Å². The molecule has 0 saturated carbocycles. The number of hydrogen-bond donors (Lipinski definition) is 1. The Morgan fingerprint density at radius 3 is 2.62 bits per heavy atom. The normalized spacial score (nSPS) is 11.6. The lowest BCUT2D eigenvalue weighted by Crippen LogP contribution is -2.32. The van der Waals surface area contributed by atoms with Gasteiger partial charge in [-0.25, -0.2) is 0 Å². The molecule has 1 rings (SSSR count). The molecule has 90 valence electrons. The molecule has 1 aromatic rings.